The molecule has 0 atom stereocenters. The van der Waals surface area contributed by atoms with Crippen LogP contribution in [0, 0.1) is 0 Å². The maximum atomic E-state index is 5.12. The lowest BCUT2D eigenvalue weighted by atomic mass is 10.1. The Morgan fingerprint density at radius 1 is 1.22 bits per heavy atom. The average Bonchev–Trinajstić information content (AvgIpc) is 3.12. The summed E-state index contributed by atoms with van der Waals surface area (Å²) in [6.07, 6.45) is 3.86. The molecule has 0 saturated carbocycles. The lowest BCUT2D eigenvalue weighted by molar-refractivity contribution is 0.184. The van der Waals surface area contributed by atoms with Gasteiger partial charge >= 0.3 is 0 Å². The molecule has 0 aliphatic carbocycles. The molecule has 6 heteroatoms. The van der Waals surface area contributed by atoms with Crippen molar-refractivity contribution in [3.05, 3.63) is 48.2 Å². The van der Waals surface area contributed by atoms with Crippen LogP contribution < -0.4 is 0 Å². The van der Waals surface area contributed by atoms with E-state index in [0.29, 0.717) is 6.61 Å². The topological polar surface area (TPSA) is 48.1 Å². The van der Waals surface area contributed by atoms with E-state index in [1.54, 1.807) is 13.4 Å². The Labute approximate surface area is 136 Å². The Morgan fingerprint density at radius 3 is 2.91 bits per heavy atom. The highest BCUT2D eigenvalue weighted by Gasteiger charge is 2.09. The molecule has 0 radical (unpaired) electrons. The average molecular weight is 313 g/mol. The molecule has 1 aromatic carbocycles. The van der Waals surface area contributed by atoms with Crippen molar-refractivity contribution in [1.82, 2.24) is 24.2 Å². The number of benzene rings is 1. The predicted octanol–water partition coefficient (Wildman–Crippen LogP) is 2.05. The van der Waals surface area contributed by atoms with Gasteiger partial charge in [0.2, 0.25) is 0 Å². The van der Waals surface area contributed by atoms with Crippen LogP contribution in [0.25, 0.3) is 10.9 Å². The summed E-state index contributed by atoms with van der Waals surface area (Å²) in [7, 11) is 5.88. The minimum absolute atomic E-state index is 0.666. The Morgan fingerprint density at radius 2 is 2.09 bits per heavy atom. The van der Waals surface area contributed by atoms with Gasteiger partial charge in [0.25, 0.3) is 0 Å². The molecule has 2 heterocycles. The van der Waals surface area contributed by atoms with Crippen molar-refractivity contribution < 1.29 is 4.74 Å². The van der Waals surface area contributed by atoms with E-state index in [1.807, 2.05) is 4.57 Å². The first-order chi connectivity index (χ1) is 11.2. The predicted molar refractivity (Wildman–Crippen MR) is 90.0 cm³/mol. The normalized spacial score (nSPS) is 11.7. The summed E-state index contributed by atoms with van der Waals surface area (Å²) >= 11 is 0. The second kappa shape index (κ2) is 6.93. The van der Waals surface area contributed by atoms with E-state index in [-0.39, 0.29) is 0 Å². The minimum Gasteiger partial charge on any atom is -0.383 e. The van der Waals surface area contributed by atoms with Crippen LogP contribution in [0.1, 0.15) is 11.4 Å². The van der Waals surface area contributed by atoms with Crippen LogP contribution in [0.3, 0.4) is 0 Å². The molecule has 0 fully saturated rings. The summed E-state index contributed by atoms with van der Waals surface area (Å²) in [5, 5.41) is 9.50. The fraction of sp³-hybridized carbons (Fsp3) is 0.412. The molecule has 0 spiro atoms. The monoisotopic (exact) mass is 313 g/mol. The molecule has 6 nitrogen and oxygen atoms in total. The van der Waals surface area contributed by atoms with Crippen LogP contribution in [0.2, 0.25) is 0 Å². The molecule has 3 aromatic rings. The quantitative estimate of drug-likeness (QED) is 0.670. The van der Waals surface area contributed by atoms with Crippen LogP contribution in [0.15, 0.2) is 36.8 Å². The molecule has 0 aliphatic heterocycles. The SMILES string of the molecule is COCCn1cnnc1CN(C)Cc1ccc2ccn(C)c2c1. The van der Waals surface area contributed by atoms with E-state index in [1.165, 1.54) is 16.5 Å². The van der Waals surface area contributed by atoms with Gasteiger partial charge in [-0.1, -0.05) is 12.1 Å². The Hall–Kier alpha value is -2.18. The summed E-state index contributed by atoms with van der Waals surface area (Å²) in [5.41, 5.74) is 2.56. The molecular weight excluding hydrogens is 290 g/mol. The van der Waals surface area contributed by atoms with Crippen LogP contribution in [0.4, 0.5) is 0 Å². The molecular formula is C17H23N5O. The zero-order valence-corrected chi connectivity index (χ0v) is 13.9. The van der Waals surface area contributed by atoms with Gasteiger partial charge in [0.15, 0.2) is 0 Å². The number of rotatable bonds is 7. The Bertz CT molecular complexity index is 776. The Balaban J connectivity index is 1.67. The summed E-state index contributed by atoms with van der Waals surface area (Å²) in [6.45, 7) is 3.08. The van der Waals surface area contributed by atoms with Gasteiger partial charge in [-0.05, 0) is 30.1 Å². The first-order valence-corrected chi connectivity index (χ1v) is 7.75. The third kappa shape index (κ3) is 3.60. The van der Waals surface area contributed by atoms with Crippen molar-refractivity contribution in [2.45, 2.75) is 19.6 Å². The standard InChI is InChI=1S/C17H23N5O/c1-20(12-17-19-18-13-22(17)8-9-23-3)11-14-4-5-15-6-7-21(2)16(15)10-14/h4-7,10,13H,8-9,11-12H2,1-3H3. The van der Waals surface area contributed by atoms with Gasteiger partial charge < -0.3 is 13.9 Å². The van der Waals surface area contributed by atoms with Gasteiger partial charge in [0.1, 0.15) is 12.2 Å². The number of hydrogen-bond acceptors (Lipinski definition) is 4. The number of nitrogens with zero attached hydrogens (tertiary/aromatic N) is 5. The molecule has 0 bridgehead atoms. The van der Waals surface area contributed by atoms with Gasteiger partial charge in [0, 0.05) is 39.0 Å². The molecule has 2 aromatic heterocycles. The highest BCUT2D eigenvalue weighted by atomic mass is 16.5. The van der Waals surface area contributed by atoms with Crippen molar-refractivity contribution in [3.8, 4) is 0 Å². The van der Waals surface area contributed by atoms with Gasteiger partial charge in [-0.15, -0.1) is 10.2 Å². The van der Waals surface area contributed by atoms with Gasteiger partial charge in [-0.3, -0.25) is 4.90 Å². The summed E-state index contributed by atoms with van der Waals surface area (Å²) in [5.74, 6) is 0.962. The van der Waals surface area contributed by atoms with Crippen LogP contribution >= 0.6 is 0 Å². The molecule has 0 unspecified atom stereocenters. The van der Waals surface area contributed by atoms with Crippen molar-refractivity contribution >= 4 is 10.9 Å². The van der Waals surface area contributed by atoms with Crippen LogP contribution in [0.5, 0.6) is 0 Å². The fourth-order valence-electron chi connectivity index (χ4n) is 2.79. The maximum Gasteiger partial charge on any atom is 0.147 e. The lowest BCUT2D eigenvalue weighted by Gasteiger charge is -2.17. The smallest absolute Gasteiger partial charge is 0.147 e. The van der Waals surface area contributed by atoms with Crippen molar-refractivity contribution in [1.29, 1.82) is 0 Å². The zero-order chi connectivity index (χ0) is 16.2. The van der Waals surface area contributed by atoms with E-state index in [4.69, 9.17) is 4.74 Å². The molecule has 0 saturated heterocycles. The van der Waals surface area contributed by atoms with E-state index in [0.717, 1.165) is 25.5 Å². The second-order valence-electron chi connectivity index (χ2n) is 5.93. The molecule has 3 rings (SSSR count). The maximum absolute atomic E-state index is 5.12. The molecule has 0 N–H and O–H groups in total. The summed E-state index contributed by atoms with van der Waals surface area (Å²) in [4.78, 5) is 2.25. The third-order valence-corrected chi connectivity index (χ3v) is 4.05. The number of fused-ring (bicyclic) bond motifs is 1. The first kappa shape index (κ1) is 15.7. The lowest BCUT2D eigenvalue weighted by Crippen LogP contribution is -2.20. The van der Waals surface area contributed by atoms with Crippen molar-refractivity contribution in [3.63, 3.8) is 0 Å². The number of methoxy groups -OCH3 is 1. The highest BCUT2D eigenvalue weighted by Crippen LogP contribution is 2.18. The summed E-state index contributed by atoms with van der Waals surface area (Å²) in [6, 6.07) is 8.76. The number of ether oxygens (including phenoxy) is 1. The van der Waals surface area contributed by atoms with E-state index >= 15 is 0 Å². The van der Waals surface area contributed by atoms with Crippen molar-refractivity contribution in [2.24, 2.45) is 7.05 Å². The first-order valence-electron chi connectivity index (χ1n) is 7.75. The van der Waals surface area contributed by atoms with Crippen LogP contribution in [-0.2, 0) is 31.4 Å². The number of aromatic nitrogens is 4. The van der Waals surface area contributed by atoms with Gasteiger partial charge in [0.05, 0.1) is 13.2 Å². The van der Waals surface area contributed by atoms with E-state index in [9.17, 15) is 0 Å². The van der Waals surface area contributed by atoms with Crippen molar-refractivity contribution in [2.75, 3.05) is 20.8 Å². The molecule has 0 aliphatic rings. The van der Waals surface area contributed by atoms with Gasteiger partial charge in [-0.2, -0.15) is 0 Å². The minimum atomic E-state index is 0.666. The van der Waals surface area contributed by atoms with Gasteiger partial charge in [-0.25, -0.2) is 0 Å². The largest absolute Gasteiger partial charge is 0.383 e. The van der Waals surface area contributed by atoms with E-state index < -0.39 is 0 Å². The molecule has 122 valence electrons. The highest BCUT2D eigenvalue weighted by molar-refractivity contribution is 5.80. The summed E-state index contributed by atoms with van der Waals surface area (Å²) < 4.78 is 9.32. The third-order valence-electron chi connectivity index (χ3n) is 4.05. The molecule has 23 heavy (non-hydrogen) atoms. The number of aryl methyl sites for hydroxylation is 1. The fourth-order valence-corrected chi connectivity index (χ4v) is 2.79. The zero-order valence-electron chi connectivity index (χ0n) is 13.9. The Kier molecular flexibility index (Phi) is 4.73. The van der Waals surface area contributed by atoms with Crippen LogP contribution in [-0.4, -0.2) is 45.0 Å². The second-order valence-corrected chi connectivity index (χ2v) is 5.93. The van der Waals surface area contributed by atoms with E-state index in [2.05, 4.69) is 64.2 Å². The molecule has 0 amide bonds. The number of hydrogen-bond donors (Lipinski definition) is 0.